The molecule has 0 amide bonds. The molecule has 4 rings (SSSR count). The van der Waals surface area contributed by atoms with Crippen molar-refractivity contribution in [2.75, 3.05) is 25.0 Å². The summed E-state index contributed by atoms with van der Waals surface area (Å²) < 4.78 is 5.69. The van der Waals surface area contributed by atoms with E-state index in [9.17, 15) is 0 Å². The van der Waals surface area contributed by atoms with Gasteiger partial charge < -0.3 is 9.73 Å². The minimum absolute atomic E-state index is 0.260. The number of likely N-dealkylation sites (tertiary alicyclic amines) is 1. The first-order chi connectivity index (χ1) is 11.8. The molecule has 0 bridgehead atoms. The SMILES string of the molecule is Cc1cc(NCC(c2ccco2)N2CCCC2)nc2ccccc12. The Balaban J connectivity index is 1.55. The van der Waals surface area contributed by atoms with Crippen LogP contribution in [0.3, 0.4) is 0 Å². The summed E-state index contributed by atoms with van der Waals surface area (Å²) in [6.07, 6.45) is 4.30. The Kier molecular flexibility index (Phi) is 4.22. The van der Waals surface area contributed by atoms with E-state index in [-0.39, 0.29) is 6.04 Å². The van der Waals surface area contributed by atoms with Crippen molar-refractivity contribution in [2.24, 2.45) is 0 Å². The summed E-state index contributed by atoms with van der Waals surface area (Å²) in [6, 6.07) is 14.7. The predicted molar refractivity (Wildman–Crippen MR) is 97.2 cm³/mol. The van der Waals surface area contributed by atoms with Gasteiger partial charge in [-0.1, -0.05) is 18.2 Å². The van der Waals surface area contributed by atoms with E-state index in [0.29, 0.717) is 0 Å². The van der Waals surface area contributed by atoms with Crippen LogP contribution in [0.15, 0.2) is 53.1 Å². The molecule has 3 heterocycles. The average Bonchev–Trinajstić information content (AvgIpc) is 3.29. The number of anilines is 1. The monoisotopic (exact) mass is 321 g/mol. The van der Waals surface area contributed by atoms with Gasteiger partial charge in [0, 0.05) is 11.9 Å². The average molecular weight is 321 g/mol. The van der Waals surface area contributed by atoms with Gasteiger partial charge in [-0.15, -0.1) is 0 Å². The highest BCUT2D eigenvalue weighted by Gasteiger charge is 2.25. The number of aromatic nitrogens is 1. The lowest BCUT2D eigenvalue weighted by Gasteiger charge is -2.26. The van der Waals surface area contributed by atoms with Crippen LogP contribution in [-0.2, 0) is 0 Å². The summed E-state index contributed by atoms with van der Waals surface area (Å²) in [4.78, 5) is 7.26. The third kappa shape index (κ3) is 3.02. The molecule has 24 heavy (non-hydrogen) atoms. The van der Waals surface area contributed by atoms with E-state index in [1.54, 1.807) is 6.26 Å². The number of rotatable bonds is 5. The molecule has 1 aliphatic rings. The van der Waals surface area contributed by atoms with Crippen LogP contribution < -0.4 is 5.32 Å². The van der Waals surface area contributed by atoms with Gasteiger partial charge in [-0.3, -0.25) is 4.90 Å². The van der Waals surface area contributed by atoms with Crippen LogP contribution >= 0.6 is 0 Å². The second-order valence-corrected chi connectivity index (χ2v) is 6.50. The number of aryl methyl sites for hydroxylation is 1. The van der Waals surface area contributed by atoms with Crippen LogP contribution in [0.5, 0.6) is 0 Å². The maximum atomic E-state index is 5.69. The third-order valence-corrected chi connectivity index (χ3v) is 4.85. The van der Waals surface area contributed by atoms with Gasteiger partial charge in [-0.2, -0.15) is 0 Å². The number of nitrogens with zero attached hydrogens (tertiary/aromatic N) is 2. The molecule has 0 spiro atoms. The Morgan fingerprint density at radius 2 is 2.00 bits per heavy atom. The van der Waals surface area contributed by atoms with Crippen LogP contribution in [-0.4, -0.2) is 29.5 Å². The Hall–Kier alpha value is -2.33. The molecular weight excluding hydrogens is 298 g/mol. The smallest absolute Gasteiger partial charge is 0.126 e. The number of fused-ring (bicyclic) bond motifs is 1. The Morgan fingerprint density at radius 1 is 1.17 bits per heavy atom. The summed E-state index contributed by atoms with van der Waals surface area (Å²) >= 11 is 0. The van der Waals surface area contributed by atoms with Crippen molar-refractivity contribution in [3.05, 3.63) is 60.1 Å². The molecule has 0 radical (unpaired) electrons. The molecule has 1 aromatic carbocycles. The zero-order chi connectivity index (χ0) is 16.4. The fourth-order valence-corrected chi connectivity index (χ4v) is 3.59. The maximum absolute atomic E-state index is 5.69. The van der Waals surface area contributed by atoms with Crippen molar-refractivity contribution in [2.45, 2.75) is 25.8 Å². The van der Waals surface area contributed by atoms with E-state index < -0.39 is 0 Å². The van der Waals surface area contributed by atoms with Crippen LogP contribution in [0.4, 0.5) is 5.82 Å². The number of pyridine rings is 1. The van der Waals surface area contributed by atoms with Crippen molar-refractivity contribution < 1.29 is 4.42 Å². The van der Waals surface area contributed by atoms with Gasteiger partial charge in [-0.25, -0.2) is 4.98 Å². The summed E-state index contributed by atoms with van der Waals surface area (Å²) in [5.74, 6) is 1.96. The third-order valence-electron chi connectivity index (χ3n) is 4.85. The Labute approximate surface area is 142 Å². The highest BCUT2D eigenvalue weighted by molar-refractivity contribution is 5.83. The summed E-state index contributed by atoms with van der Waals surface area (Å²) in [7, 11) is 0. The van der Waals surface area contributed by atoms with E-state index in [1.165, 1.54) is 23.8 Å². The van der Waals surface area contributed by atoms with Crippen molar-refractivity contribution >= 4 is 16.7 Å². The maximum Gasteiger partial charge on any atom is 0.126 e. The van der Waals surface area contributed by atoms with E-state index in [1.807, 2.05) is 12.1 Å². The molecule has 0 saturated carbocycles. The first-order valence-electron chi connectivity index (χ1n) is 8.69. The number of benzene rings is 1. The second-order valence-electron chi connectivity index (χ2n) is 6.50. The summed E-state index contributed by atoms with van der Waals surface area (Å²) in [6.45, 7) is 5.21. The van der Waals surface area contributed by atoms with Gasteiger partial charge in [0.1, 0.15) is 11.6 Å². The quantitative estimate of drug-likeness (QED) is 0.757. The topological polar surface area (TPSA) is 41.3 Å². The van der Waals surface area contributed by atoms with Gasteiger partial charge in [0.15, 0.2) is 0 Å². The summed E-state index contributed by atoms with van der Waals surface area (Å²) in [5, 5.41) is 4.74. The Bertz CT molecular complexity index is 807. The molecule has 1 atom stereocenters. The lowest BCUT2D eigenvalue weighted by molar-refractivity contribution is 0.225. The number of nitrogens with one attached hydrogen (secondary N) is 1. The van der Waals surface area contributed by atoms with E-state index in [2.05, 4.69) is 47.5 Å². The van der Waals surface area contributed by atoms with Gasteiger partial charge in [-0.05, 0) is 62.7 Å². The molecule has 1 fully saturated rings. The molecule has 2 aromatic heterocycles. The summed E-state index contributed by atoms with van der Waals surface area (Å²) in [5.41, 5.74) is 2.29. The number of hydrogen-bond acceptors (Lipinski definition) is 4. The van der Waals surface area contributed by atoms with Crippen LogP contribution in [0.2, 0.25) is 0 Å². The van der Waals surface area contributed by atoms with Gasteiger partial charge in [0.2, 0.25) is 0 Å². The van der Waals surface area contributed by atoms with E-state index in [4.69, 9.17) is 9.40 Å². The molecule has 3 aromatic rings. The highest BCUT2D eigenvalue weighted by atomic mass is 16.3. The zero-order valence-electron chi connectivity index (χ0n) is 14.0. The van der Waals surface area contributed by atoms with E-state index >= 15 is 0 Å². The first kappa shape index (κ1) is 15.2. The molecule has 1 N–H and O–H groups in total. The predicted octanol–water partition coefficient (Wildman–Crippen LogP) is 4.39. The molecule has 4 heteroatoms. The second kappa shape index (κ2) is 6.65. The zero-order valence-corrected chi connectivity index (χ0v) is 14.0. The van der Waals surface area contributed by atoms with Gasteiger partial charge >= 0.3 is 0 Å². The standard InChI is InChI=1S/C20H23N3O/c1-15-13-20(22-17-8-3-2-7-16(15)17)21-14-18(19-9-6-12-24-19)23-10-4-5-11-23/h2-3,6-9,12-13,18H,4-5,10-11,14H2,1H3,(H,21,22). The fourth-order valence-electron chi connectivity index (χ4n) is 3.59. The van der Waals surface area contributed by atoms with Gasteiger partial charge in [0.05, 0.1) is 17.8 Å². The molecule has 1 saturated heterocycles. The number of hydrogen-bond donors (Lipinski definition) is 1. The molecule has 4 nitrogen and oxygen atoms in total. The van der Waals surface area contributed by atoms with E-state index in [0.717, 1.165) is 36.7 Å². The van der Waals surface area contributed by atoms with Crippen LogP contribution in [0, 0.1) is 6.92 Å². The highest BCUT2D eigenvalue weighted by Crippen LogP contribution is 2.26. The van der Waals surface area contributed by atoms with Crippen molar-refractivity contribution in [3.63, 3.8) is 0 Å². The molecule has 1 unspecified atom stereocenters. The van der Waals surface area contributed by atoms with Crippen molar-refractivity contribution in [1.29, 1.82) is 0 Å². The van der Waals surface area contributed by atoms with Gasteiger partial charge in [0.25, 0.3) is 0 Å². The molecule has 0 aliphatic carbocycles. The normalized spacial score (nSPS) is 16.5. The minimum atomic E-state index is 0.260. The lowest BCUT2D eigenvalue weighted by Crippen LogP contribution is -2.30. The van der Waals surface area contributed by atoms with Crippen LogP contribution in [0.1, 0.15) is 30.2 Å². The fraction of sp³-hybridized carbons (Fsp3) is 0.350. The first-order valence-corrected chi connectivity index (χ1v) is 8.69. The minimum Gasteiger partial charge on any atom is -0.468 e. The largest absolute Gasteiger partial charge is 0.468 e. The molecule has 1 aliphatic heterocycles. The van der Waals surface area contributed by atoms with Crippen molar-refractivity contribution in [1.82, 2.24) is 9.88 Å². The van der Waals surface area contributed by atoms with Crippen molar-refractivity contribution in [3.8, 4) is 0 Å². The number of furan rings is 1. The van der Waals surface area contributed by atoms with Crippen LogP contribution in [0.25, 0.3) is 10.9 Å². The number of para-hydroxylation sites is 1. The Morgan fingerprint density at radius 3 is 2.79 bits per heavy atom. The molecular formula is C20H23N3O. The lowest BCUT2D eigenvalue weighted by atomic mass is 10.1. The molecule has 124 valence electrons.